The molecule has 2 aliphatic heterocycles. The second-order valence-electron chi connectivity index (χ2n) is 9.78. The highest BCUT2D eigenvalue weighted by Crippen LogP contribution is 2.44. The molecule has 0 unspecified atom stereocenters. The summed E-state index contributed by atoms with van der Waals surface area (Å²) in [7, 11) is 1.28. The number of nitrogen functional groups attached to an aromatic ring is 1. The first-order chi connectivity index (χ1) is 19.9. The highest BCUT2D eigenvalue weighted by atomic mass is 32.2. The Morgan fingerprint density at radius 1 is 1.29 bits per heavy atom. The van der Waals surface area contributed by atoms with Crippen molar-refractivity contribution in [1.82, 2.24) is 20.2 Å². The minimum absolute atomic E-state index is 0.0230. The van der Waals surface area contributed by atoms with Gasteiger partial charge in [-0.1, -0.05) is 16.9 Å². The summed E-state index contributed by atoms with van der Waals surface area (Å²) in [6, 6.07) is -0.955. The van der Waals surface area contributed by atoms with E-state index in [4.69, 9.17) is 20.0 Å². The third-order valence-corrected chi connectivity index (χ3v) is 9.71. The van der Waals surface area contributed by atoms with Crippen molar-refractivity contribution in [2.24, 2.45) is 10.6 Å². The maximum absolute atomic E-state index is 13.4. The van der Waals surface area contributed by atoms with E-state index in [1.807, 2.05) is 13.0 Å². The Bertz CT molecular complexity index is 1480. The summed E-state index contributed by atoms with van der Waals surface area (Å²) in [6.07, 6.45) is 1.87. The molecule has 13 nitrogen and oxygen atoms in total. The molecule has 2 amide bonds. The van der Waals surface area contributed by atoms with Gasteiger partial charge >= 0.3 is 11.9 Å². The van der Waals surface area contributed by atoms with Crippen LogP contribution in [0.3, 0.4) is 0 Å². The lowest BCUT2D eigenvalue weighted by Gasteiger charge is -2.49. The molecular formula is C25H28N6O7S4. The Kier molecular flexibility index (Phi) is 9.96. The molecule has 0 radical (unpaired) electrons. The molecule has 224 valence electrons. The molecule has 0 spiro atoms. The Hall–Kier alpha value is -3.41. The third kappa shape index (κ3) is 6.96. The number of esters is 2. The molecule has 0 aromatic carbocycles. The number of hydrogen-bond donors (Lipinski definition) is 2. The molecule has 2 aromatic rings. The number of thioether (sulfide) groups is 2. The molecule has 0 saturated carbocycles. The van der Waals surface area contributed by atoms with E-state index in [2.05, 4.69) is 20.4 Å². The third-order valence-electron chi connectivity index (χ3n) is 5.78. The highest BCUT2D eigenvalue weighted by molar-refractivity contribution is 8.08. The number of hydrogen-bond acceptors (Lipinski definition) is 15. The topological polar surface area (TPSA) is 175 Å². The van der Waals surface area contributed by atoms with Gasteiger partial charge in [-0.3, -0.25) is 19.3 Å². The zero-order valence-corrected chi connectivity index (χ0v) is 26.5. The summed E-state index contributed by atoms with van der Waals surface area (Å²) in [5, 5.41) is 9.41. The first kappa shape index (κ1) is 31.5. The average molecular weight is 653 g/mol. The Morgan fingerprint density at radius 3 is 2.67 bits per heavy atom. The molecule has 4 rings (SSSR count). The van der Waals surface area contributed by atoms with Gasteiger partial charge < -0.3 is 25.4 Å². The number of fused-ring (bicyclic) bond motifs is 1. The number of nitrogens with two attached hydrogens (primary N) is 1. The second-order valence-corrected chi connectivity index (χ2v) is 13.7. The number of thiazole rings is 2. The van der Waals surface area contributed by atoms with Gasteiger partial charge in [-0.25, -0.2) is 14.8 Å². The lowest BCUT2D eigenvalue weighted by atomic mass is 9.98. The molecule has 2 atom stereocenters. The molecule has 0 bridgehead atoms. The van der Waals surface area contributed by atoms with E-state index in [0.717, 1.165) is 21.9 Å². The van der Waals surface area contributed by atoms with Crippen LogP contribution in [0.5, 0.6) is 0 Å². The summed E-state index contributed by atoms with van der Waals surface area (Å²) in [4.78, 5) is 67.7. The van der Waals surface area contributed by atoms with Gasteiger partial charge in [0, 0.05) is 16.0 Å². The fraction of sp³-hybridized carbons (Fsp3) is 0.400. The second kappa shape index (κ2) is 13.3. The van der Waals surface area contributed by atoms with E-state index >= 15 is 0 Å². The monoisotopic (exact) mass is 652 g/mol. The number of rotatable bonds is 10. The number of aryl methyl sites for hydroxylation is 1. The van der Waals surface area contributed by atoms with E-state index in [-0.39, 0.29) is 22.2 Å². The van der Waals surface area contributed by atoms with Gasteiger partial charge in [-0.15, -0.1) is 34.4 Å². The van der Waals surface area contributed by atoms with Gasteiger partial charge in [-0.2, -0.15) is 0 Å². The van der Waals surface area contributed by atoms with Crippen LogP contribution in [0, 0.1) is 12.3 Å². The number of amides is 2. The van der Waals surface area contributed by atoms with Crippen LogP contribution >= 0.6 is 46.2 Å². The Labute approximate surface area is 257 Å². The van der Waals surface area contributed by atoms with Crippen LogP contribution in [0.4, 0.5) is 5.13 Å². The van der Waals surface area contributed by atoms with Crippen molar-refractivity contribution in [2.45, 2.75) is 39.1 Å². The smallest absolute Gasteiger partial charge is 0.358 e. The molecule has 2 aromatic heterocycles. The molecule has 2 aliphatic rings. The van der Waals surface area contributed by atoms with Crippen molar-refractivity contribution in [1.29, 1.82) is 0 Å². The summed E-state index contributed by atoms with van der Waals surface area (Å²) in [6.45, 7) is 6.30. The normalized spacial score (nSPS) is 18.9. The van der Waals surface area contributed by atoms with Crippen LogP contribution in [-0.4, -0.2) is 75.4 Å². The number of nitrogens with zero attached hydrogens (tertiary/aromatic N) is 4. The lowest BCUT2D eigenvalue weighted by Crippen LogP contribution is -2.71. The Morgan fingerprint density at radius 2 is 2.05 bits per heavy atom. The van der Waals surface area contributed by atoms with Crippen molar-refractivity contribution in [3.63, 3.8) is 0 Å². The average Bonchev–Trinajstić information content (AvgIpc) is 3.56. The van der Waals surface area contributed by atoms with Crippen LogP contribution in [-0.2, 0) is 33.5 Å². The minimum atomic E-state index is -0.955. The number of ether oxygens (including phenoxy) is 2. The van der Waals surface area contributed by atoms with Gasteiger partial charge in [0.15, 0.2) is 10.8 Å². The standard InChI is InChI=1S/C25H28N6O7S4/c1-12-14(42-10-27-12)6-7-39-15-9-40-21-17(29-19(32)16(30-36-5)13-8-41-24(26)28-13)20(33)31(21)18(15)22(34)37-11-38-23(35)25(2,3)4/h6-8,10,17,21H,9,11H2,1-5H3,(H2,26,28)(H,29,32)/b7-6-,30-16-/t17-,21-/m1/s1. The highest BCUT2D eigenvalue weighted by Gasteiger charge is 2.55. The van der Waals surface area contributed by atoms with Crippen molar-refractivity contribution >= 4 is 86.9 Å². The van der Waals surface area contributed by atoms with E-state index < -0.39 is 47.4 Å². The SMILES string of the molecule is CO/N=C(\C(=O)N[C@@H]1C(=O)N2C(C(=O)OCOC(=O)C(C)(C)C)=C(S/C=C\c3scnc3C)CS[C@H]12)c1csc(N)n1. The van der Waals surface area contributed by atoms with E-state index in [0.29, 0.717) is 10.7 Å². The molecule has 4 heterocycles. The first-order valence-electron chi connectivity index (χ1n) is 12.3. The fourth-order valence-corrected chi connectivity index (χ4v) is 7.30. The van der Waals surface area contributed by atoms with E-state index in [1.165, 1.54) is 46.9 Å². The molecule has 42 heavy (non-hydrogen) atoms. The molecule has 0 aliphatic carbocycles. The largest absolute Gasteiger partial charge is 0.427 e. The zero-order chi connectivity index (χ0) is 30.6. The summed E-state index contributed by atoms with van der Waals surface area (Å²) < 4.78 is 10.4. The summed E-state index contributed by atoms with van der Waals surface area (Å²) >= 11 is 5.24. The number of aromatic nitrogens is 2. The van der Waals surface area contributed by atoms with Gasteiger partial charge in [0.2, 0.25) is 6.79 Å². The molecule has 17 heteroatoms. The quantitative estimate of drug-likeness (QED) is 0.126. The molecule has 3 N–H and O–H groups in total. The van der Waals surface area contributed by atoms with E-state index in [1.54, 1.807) is 37.1 Å². The van der Waals surface area contributed by atoms with E-state index in [9.17, 15) is 19.2 Å². The van der Waals surface area contributed by atoms with Crippen molar-refractivity contribution in [3.8, 4) is 0 Å². The maximum Gasteiger partial charge on any atom is 0.358 e. The number of anilines is 1. The molecule has 1 fully saturated rings. The fourth-order valence-electron chi connectivity index (χ4n) is 3.64. The minimum Gasteiger partial charge on any atom is -0.427 e. The van der Waals surface area contributed by atoms with Crippen LogP contribution < -0.4 is 11.1 Å². The first-order valence-corrected chi connectivity index (χ1v) is 16.0. The van der Waals surface area contributed by atoms with Crippen LogP contribution in [0.15, 0.2) is 32.1 Å². The van der Waals surface area contributed by atoms with Crippen LogP contribution in [0.25, 0.3) is 6.08 Å². The molecule has 1 saturated heterocycles. The predicted molar refractivity (Wildman–Crippen MR) is 162 cm³/mol. The molecular weight excluding hydrogens is 625 g/mol. The number of oxime groups is 1. The van der Waals surface area contributed by atoms with Crippen LogP contribution in [0.1, 0.15) is 37.0 Å². The zero-order valence-electron chi connectivity index (χ0n) is 23.2. The number of nitrogens with one attached hydrogen (secondary N) is 1. The number of carbonyl (C=O) groups is 4. The van der Waals surface area contributed by atoms with Gasteiger partial charge in [0.25, 0.3) is 11.8 Å². The number of β-lactam (4-membered cyclic amide) rings is 1. The lowest BCUT2D eigenvalue weighted by molar-refractivity contribution is -0.173. The maximum atomic E-state index is 13.4. The predicted octanol–water partition coefficient (Wildman–Crippen LogP) is 2.95. The number of carbonyl (C=O) groups excluding carboxylic acids is 4. The van der Waals surface area contributed by atoms with Crippen molar-refractivity contribution in [2.75, 3.05) is 25.4 Å². The Balaban J connectivity index is 1.53. The van der Waals surface area contributed by atoms with Gasteiger partial charge in [-0.05, 0) is 39.2 Å². The van der Waals surface area contributed by atoms with Gasteiger partial charge in [0.05, 0.1) is 21.5 Å². The van der Waals surface area contributed by atoms with Crippen LogP contribution in [0.2, 0.25) is 0 Å². The van der Waals surface area contributed by atoms with Crippen molar-refractivity contribution in [3.05, 3.63) is 43.2 Å². The summed E-state index contributed by atoms with van der Waals surface area (Å²) in [5.74, 6) is -2.23. The summed E-state index contributed by atoms with van der Waals surface area (Å²) in [5.41, 5.74) is 7.59. The van der Waals surface area contributed by atoms with Crippen molar-refractivity contribution < 1.29 is 33.5 Å². The van der Waals surface area contributed by atoms with Gasteiger partial charge in [0.1, 0.15) is 29.9 Å².